The first-order chi connectivity index (χ1) is 11.2. The van der Waals surface area contributed by atoms with E-state index in [1.807, 2.05) is 37.3 Å². The van der Waals surface area contributed by atoms with Gasteiger partial charge in [0.1, 0.15) is 11.5 Å². The Morgan fingerprint density at radius 1 is 1.13 bits per heavy atom. The SMILES string of the molecule is Cc1ccc(CCc2nc(CNC(=O)c3ccccc3)no2)o1. The van der Waals surface area contributed by atoms with Gasteiger partial charge in [0.25, 0.3) is 5.91 Å². The van der Waals surface area contributed by atoms with Gasteiger partial charge in [-0.15, -0.1) is 0 Å². The number of amides is 1. The fraction of sp³-hybridized carbons (Fsp3) is 0.235. The van der Waals surface area contributed by atoms with Gasteiger partial charge in [0.05, 0.1) is 6.54 Å². The molecule has 0 aliphatic heterocycles. The van der Waals surface area contributed by atoms with E-state index in [2.05, 4.69) is 15.5 Å². The third-order valence-electron chi connectivity index (χ3n) is 3.33. The Morgan fingerprint density at radius 3 is 2.70 bits per heavy atom. The second kappa shape index (κ2) is 6.91. The van der Waals surface area contributed by atoms with Crippen LogP contribution in [0.1, 0.15) is 33.6 Å². The van der Waals surface area contributed by atoms with Gasteiger partial charge in [-0.2, -0.15) is 4.98 Å². The topological polar surface area (TPSA) is 81.2 Å². The van der Waals surface area contributed by atoms with Crippen molar-refractivity contribution in [3.05, 3.63) is 71.3 Å². The van der Waals surface area contributed by atoms with Crippen molar-refractivity contribution < 1.29 is 13.7 Å². The van der Waals surface area contributed by atoms with Gasteiger partial charge in [0, 0.05) is 18.4 Å². The van der Waals surface area contributed by atoms with Crippen molar-refractivity contribution in [2.24, 2.45) is 0 Å². The second-order valence-electron chi connectivity index (χ2n) is 5.17. The number of carbonyl (C=O) groups excluding carboxylic acids is 1. The normalized spacial score (nSPS) is 10.7. The van der Waals surface area contributed by atoms with Crippen LogP contribution in [0.4, 0.5) is 0 Å². The van der Waals surface area contributed by atoms with Gasteiger partial charge in [-0.25, -0.2) is 0 Å². The Morgan fingerprint density at radius 2 is 1.96 bits per heavy atom. The number of hydrogen-bond donors (Lipinski definition) is 1. The van der Waals surface area contributed by atoms with Crippen molar-refractivity contribution in [2.45, 2.75) is 26.3 Å². The number of nitrogens with zero attached hydrogens (tertiary/aromatic N) is 2. The molecule has 0 saturated heterocycles. The Labute approximate surface area is 133 Å². The van der Waals surface area contributed by atoms with Crippen LogP contribution in [0, 0.1) is 6.92 Å². The average molecular weight is 311 g/mol. The van der Waals surface area contributed by atoms with E-state index in [0.29, 0.717) is 30.1 Å². The molecule has 2 heterocycles. The van der Waals surface area contributed by atoms with E-state index >= 15 is 0 Å². The van der Waals surface area contributed by atoms with Crippen molar-refractivity contribution in [1.29, 1.82) is 0 Å². The quantitative estimate of drug-likeness (QED) is 0.757. The van der Waals surface area contributed by atoms with Gasteiger partial charge in [-0.05, 0) is 31.2 Å². The van der Waals surface area contributed by atoms with Crippen LogP contribution in [0.2, 0.25) is 0 Å². The number of hydrogen-bond acceptors (Lipinski definition) is 5. The number of carbonyl (C=O) groups is 1. The first kappa shape index (κ1) is 15.0. The molecule has 0 saturated carbocycles. The summed E-state index contributed by atoms with van der Waals surface area (Å²) < 4.78 is 10.7. The number of aromatic nitrogens is 2. The molecule has 3 aromatic rings. The predicted molar refractivity (Wildman–Crippen MR) is 82.8 cm³/mol. The fourth-order valence-electron chi connectivity index (χ4n) is 2.16. The third kappa shape index (κ3) is 4.06. The Bertz CT molecular complexity index is 777. The molecule has 23 heavy (non-hydrogen) atoms. The molecule has 1 aromatic carbocycles. The van der Waals surface area contributed by atoms with Crippen LogP contribution >= 0.6 is 0 Å². The first-order valence-electron chi connectivity index (χ1n) is 7.41. The summed E-state index contributed by atoms with van der Waals surface area (Å²) in [4.78, 5) is 16.2. The van der Waals surface area contributed by atoms with Gasteiger partial charge in [-0.3, -0.25) is 4.79 Å². The molecule has 0 spiro atoms. The third-order valence-corrected chi connectivity index (χ3v) is 3.33. The molecule has 1 N–H and O–H groups in total. The lowest BCUT2D eigenvalue weighted by atomic mass is 10.2. The molecule has 6 heteroatoms. The summed E-state index contributed by atoms with van der Waals surface area (Å²) in [5, 5.41) is 6.63. The second-order valence-corrected chi connectivity index (χ2v) is 5.17. The van der Waals surface area contributed by atoms with Gasteiger partial charge in [0.15, 0.2) is 5.82 Å². The number of furan rings is 1. The molecule has 1 amide bonds. The van der Waals surface area contributed by atoms with Gasteiger partial charge in [-0.1, -0.05) is 23.4 Å². The van der Waals surface area contributed by atoms with Crippen molar-refractivity contribution in [2.75, 3.05) is 0 Å². The summed E-state index contributed by atoms with van der Waals surface area (Å²) in [6.45, 7) is 2.14. The number of nitrogens with one attached hydrogen (secondary N) is 1. The van der Waals surface area contributed by atoms with E-state index in [1.165, 1.54) is 0 Å². The molecule has 0 aliphatic rings. The minimum atomic E-state index is -0.164. The molecule has 2 aromatic heterocycles. The van der Waals surface area contributed by atoms with Crippen LogP contribution in [0.15, 0.2) is 51.4 Å². The Kier molecular flexibility index (Phi) is 4.52. The highest BCUT2D eigenvalue weighted by atomic mass is 16.5. The molecule has 0 aliphatic carbocycles. The van der Waals surface area contributed by atoms with Crippen molar-refractivity contribution in [3.63, 3.8) is 0 Å². The molecule has 3 rings (SSSR count). The van der Waals surface area contributed by atoms with Crippen LogP contribution in [0.3, 0.4) is 0 Å². The van der Waals surface area contributed by atoms with E-state index in [1.54, 1.807) is 12.1 Å². The largest absolute Gasteiger partial charge is 0.466 e. The minimum absolute atomic E-state index is 0.164. The standard InChI is InChI=1S/C17H17N3O3/c1-12-7-8-14(22-12)9-10-16-19-15(20-23-16)11-18-17(21)13-5-3-2-4-6-13/h2-8H,9-11H2,1H3,(H,18,21). The number of aryl methyl sites for hydroxylation is 3. The molecular formula is C17H17N3O3. The van der Waals surface area contributed by atoms with Gasteiger partial charge < -0.3 is 14.3 Å². The van der Waals surface area contributed by atoms with Gasteiger partial charge >= 0.3 is 0 Å². The van der Waals surface area contributed by atoms with Crippen LogP contribution in [-0.2, 0) is 19.4 Å². The summed E-state index contributed by atoms with van der Waals surface area (Å²) in [5.41, 5.74) is 0.601. The lowest BCUT2D eigenvalue weighted by Crippen LogP contribution is -2.23. The highest BCUT2D eigenvalue weighted by Gasteiger charge is 2.10. The van der Waals surface area contributed by atoms with E-state index in [9.17, 15) is 4.79 Å². The van der Waals surface area contributed by atoms with E-state index in [0.717, 1.165) is 11.5 Å². The zero-order chi connectivity index (χ0) is 16.1. The molecule has 0 radical (unpaired) electrons. The molecule has 0 bridgehead atoms. The molecular weight excluding hydrogens is 294 g/mol. The van der Waals surface area contributed by atoms with Crippen molar-refractivity contribution in [3.8, 4) is 0 Å². The van der Waals surface area contributed by atoms with Crippen LogP contribution < -0.4 is 5.32 Å². The monoisotopic (exact) mass is 311 g/mol. The molecule has 118 valence electrons. The summed E-state index contributed by atoms with van der Waals surface area (Å²) in [5.74, 6) is 2.60. The van der Waals surface area contributed by atoms with Gasteiger partial charge in [0.2, 0.25) is 5.89 Å². The van der Waals surface area contributed by atoms with E-state index in [4.69, 9.17) is 8.94 Å². The zero-order valence-electron chi connectivity index (χ0n) is 12.8. The van der Waals surface area contributed by atoms with Crippen LogP contribution in [0.5, 0.6) is 0 Å². The van der Waals surface area contributed by atoms with Crippen molar-refractivity contribution >= 4 is 5.91 Å². The molecule has 0 atom stereocenters. The number of benzene rings is 1. The van der Waals surface area contributed by atoms with E-state index < -0.39 is 0 Å². The highest BCUT2D eigenvalue weighted by Crippen LogP contribution is 2.10. The lowest BCUT2D eigenvalue weighted by molar-refractivity contribution is 0.0949. The smallest absolute Gasteiger partial charge is 0.251 e. The summed E-state index contributed by atoms with van der Waals surface area (Å²) in [6, 6.07) is 12.9. The van der Waals surface area contributed by atoms with Crippen LogP contribution in [-0.4, -0.2) is 16.0 Å². The minimum Gasteiger partial charge on any atom is -0.466 e. The first-order valence-corrected chi connectivity index (χ1v) is 7.41. The summed E-state index contributed by atoms with van der Waals surface area (Å²) >= 11 is 0. The average Bonchev–Trinajstić information content (AvgIpc) is 3.20. The highest BCUT2D eigenvalue weighted by molar-refractivity contribution is 5.93. The molecule has 0 fully saturated rings. The Hall–Kier alpha value is -2.89. The molecule has 6 nitrogen and oxygen atoms in total. The molecule has 0 unspecified atom stereocenters. The van der Waals surface area contributed by atoms with Crippen molar-refractivity contribution in [1.82, 2.24) is 15.5 Å². The maximum Gasteiger partial charge on any atom is 0.251 e. The predicted octanol–water partition coefficient (Wildman–Crippen LogP) is 2.69. The maximum absolute atomic E-state index is 11.9. The Balaban J connectivity index is 1.50. The lowest BCUT2D eigenvalue weighted by Gasteiger charge is -2.01. The summed E-state index contributed by atoms with van der Waals surface area (Å²) in [6.07, 6.45) is 1.30. The van der Waals surface area contributed by atoms with Crippen LogP contribution in [0.25, 0.3) is 0 Å². The zero-order valence-corrected chi connectivity index (χ0v) is 12.8. The maximum atomic E-state index is 11.9. The fourth-order valence-corrected chi connectivity index (χ4v) is 2.16. The summed E-state index contributed by atoms with van der Waals surface area (Å²) in [7, 11) is 0. The van der Waals surface area contributed by atoms with E-state index in [-0.39, 0.29) is 12.5 Å². The number of rotatable bonds is 6.